The summed E-state index contributed by atoms with van der Waals surface area (Å²) in [4.78, 5) is 10.9. The van der Waals surface area contributed by atoms with Crippen molar-refractivity contribution in [2.24, 2.45) is 11.0 Å². The van der Waals surface area contributed by atoms with Crippen molar-refractivity contribution < 1.29 is 15.0 Å². The molecule has 1 aliphatic rings. The van der Waals surface area contributed by atoms with Gasteiger partial charge in [-0.25, -0.2) is 10.1 Å². The second kappa shape index (κ2) is 14.0. The van der Waals surface area contributed by atoms with Gasteiger partial charge in [-0.2, -0.15) is 10.2 Å². The summed E-state index contributed by atoms with van der Waals surface area (Å²) in [5.41, 5.74) is 9.18. The van der Waals surface area contributed by atoms with Crippen LogP contribution in [-0.4, -0.2) is 70.4 Å². The highest BCUT2D eigenvalue weighted by Gasteiger charge is 2.11. The minimum atomic E-state index is -0.873. The van der Waals surface area contributed by atoms with Crippen molar-refractivity contribution in [3.63, 3.8) is 0 Å². The highest BCUT2D eigenvalue weighted by atomic mass is 16.3. The van der Waals surface area contributed by atoms with Gasteiger partial charge in [-0.05, 0) is 30.5 Å². The molecule has 4 N–H and O–H groups in total. The molecule has 33 heavy (non-hydrogen) atoms. The second-order valence-electron chi connectivity index (χ2n) is 7.67. The predicted molar refractivity (Wildman–Crippen MR) is 131 cm³/mol. The number of aromatic nitrogens is 2. The number of anilines is 1. The monoisotopic (exact) mass is 454 g/mol. The summed E-state index contributed by atoms with van der Waals surface area (Å²) in [5.74, 6) is 0.671. The number of carbonyl (C=O) groups is 1. The van der Waals surface area contributed by atoms with Crippen LogP contribution in [0.25, 0.3) is 5.70 Å². The lowest BCUT2D eigenvalue weighted by Gasteiger charge is -2.19. The highest BCUT2D eigenvalue weighted by Crippen LogP contribution is 2.18. The van der Waals surface area contributed by atoms with Gasteiger partial charge in [-0.1, -0.05) is 37.3 Å². The average molecular weight is 455 g/mol. The number of hydrogen-bond donors (Lipinski definition) is 4. The van der Waals surface area contributed by atoms with Crippen LogP contribution in [0.3, 0.4) is 0 Å². The fraction of sp³-hybridized carbons (Fsp3) is 0.375. The van der Waals surface area contributed by atoms with Gasteiger partial charge >= 0.3 is 0 Å². The zero-order valence-corrected chi connectivity index (χ0v) is 19.4. The van der Waals surface area contributed by atoms with Crippen LogP contribution in [-0.2, 0) is 4.79 Å². The first-order valence-corrected chi connectivity index (χ1v) is 10.9. The van der Waals surface area contributed by atoms with Crippen LogP contribution in [0.1, 0.15) is 25.3 Å². The van der Waals surface area contributed by atoms with Gasteiger partial charge in [0, 0.05) is 38.5 Å². The van der Waals surface area contributed by atoms with Crippen LogP contribution in [0.2, 0.25) is 0 Å². The number of aliphatic hydroxyl groups is 2. The third kappa shape index (κ3) is 8.64. The van der Waals surface area contributed by atoms with E-state index in [9.17, 15) is 9.90 Å². The Bertz CT molecular complexity index is 939. The number of carbonyl (C=O) groups excluding carboxylic acids is 1. The maximum absolute atomic E-state index is 10.9. The molecule has 1 aliphatic carbocycles. The Balaban J connectivity index is 0.000000268. The maximum atomic E-state index is 10.9. The summed E-state index contributed by atoms with van der Waals surface area (Å²) in [6.07, 6.45) is 11.5. The zero-order chi connectivity index (χ0) is 24.1. The van der Waals surface area contributed by atoms with Crippen molar-refractivity contribution in [2.75, 3.05) is 32.7 Å². The molecule has 9 nitrogen and oxygen atoms in total. The third-order valence-electron chi connectivity index (χ3n) is 4.81. The standard InChI is InChI=1S/C14H22N4O3.C10H12N2/c1-15-16-13-6-4-3-5-12(13)14(7-8-19)17-18(2)9-11(21)10-20;1-9-3-5-10(6-4-9)12-8-2-7-11-12/h3-6,8,11,15-16,20-21H,7,9-10H2,1-2H3;2-3,5-9H,4H2,1H3/b17-14+;. The molecule has 0 fully saturated rings. The first kappa shape index (κ1) is 26.0. The van der Waals surface area contributed by atoms with Crippen molar-refractivity contribution >= 4 is 23.4 Å². The Morgan fingerprint density at radius 3 is 2.79 bits per heavy atom. The van der Waals surface area contributed by atoms with Gasteiger partial charge in [0.15, 0.2) is 0 Å². The summed E-state index contributed by atoms with van der Waals surface area (Å²) in [6.45, 7) is 2.06. The molecule has 0 aliphatic heterocycles. The Labute approximate surface area is 195 Å². The Morgan fingerprint density at radius 2 is 2.18 bits per heavy atom. The molecule has 1 heterocycles. The number of hydrazine groups is 1. The average Bonchev–Trinajstić information content (AvgIpc) is 3.35. The van der Waals surface area contributed by atoms with E-state index in [1.807, 2.05) is 41.2 Å². The minimum absolute atomic E-state index is 0.155. The largest absolute Gasteiger partial charge is 0.394 e. The van der Waals surface area contributed by atoms with Gasteiger partial charge in [0.2, 0.25) is 0 Å². The molecule has 1 aromatic heterocycles. The number of benzene rings is 1. The fourth-order valence-corrected chi connectivity index (χ4v) is 3.18. The lowest BCUT2D eigenvalue weighted by atomic mass is 10.0. The minimum Gasteiger partial charge on any atom is -0.394 e. The summed E-state index contributed by atoms with van der Waals surface area (Å²) in [6, 6.07) is 9.40. The van der Waals surface area contributed by atoms with E-state index in [-0.39, 0.29) is 19.6 Å². The van der Waals surface area contributed by atoms with Gasteiger partial charge in [0.25, 0.3) is 0 Å². The molecule has 0 spiro atoms. The number of hydrazone groups is 1. The van der Waals surface area contributed by atoms with Crippen molar-refractivity contribution in [3.05, 3.63) is 66.5 Å². The van der Waals surface area contributed by atoms with Crippen molar-refractivity contribution in [1.29, 1.82) is 0 Å². The summed E-state index contributed by atoms with van der Waals surface area (Å²) in [5, 5.41) is 28.3. The van der Waals surface area contributed by atoms with E-state index in [0.717, 1.165) is 24.0 Å². The Hall–Kier alpha value is -3.27. The van der Waals surface area contributed by atoms with E-state index in [1.165, 1.54) is 10.7 Å². The van der Waals surface area contributed by atoms with E-state index < -0.39 is 6.10 Å². The molecular weight excluding hydrogens is 420 g/mol. The molecule has 2 atom stereocenters. The number of likely N-dealkylation sites (N-methyl/N-ethyl adjacent to an activating group) is 1. The van der Waals surface area contributed by atoms with Gasteiger partial charge in [-0.15, -0.1) is 0 Å². The smallest absolute Gasteiger partial charge is 0.126 e. The first-order chi connectivity index (χ1) is 16.0. The SMILES string of the molecule is CC1C=CC(n2cccn2)=CC1.CNNc1ccccc1/C(CC=O)=N/N(C)CC(O)CO. The second-order valence-corrected chi connectivity index (χ2v) is 7.67. The molecule has 1 aromatic carbocycles. The number of nitrogens with zero attached hydrogens (tertiary/aromatic N) is 4. The molecule has 2 unspecified atom stereocenters. The fourth-order valence-electron chi connectivity index (χ4n) is 3.18. The van der Waals surface area contributed by atoms with Crippen LogP contribution in [0.15, 0.2) is 66.1 Å². The van der Waals surface area contributed by atoms with E-state index in [1.54, 1.807) is 20.3 Å². The Kier molecular flexibility index (Phi) is 11.0. The molecule has 9 heteroatoms. The van der Waals surface area contributed by atoms with Crippen LogP contribution < -0.4 is 10.9 Å². The van der Waals surface area contributed by atoms with Crippen LogP contribution >= 0.6 is 0 Å². The van der Waals surface area contributed by atoms with E-state index in [4.69, 9.17) is 5.11 Å². The molecule has 178 valence electrons. The third-order valence-corrected chi connectivity index (χ3v) is 4.81. The molecule has 0 bridgehead atoms. The molecule has 2 aromatic rings. The number of hydrogen-bond acceptors (Lipinski definition) is 8. The van der Waals surface area contributed by atoms with E-state index in [0.29, 0.717) is 11.6 Å². The molecule has 3 rings (SSSR count). The van der Waals surface area contributed by atoms with Crippen molar-refractivity contribution in [3.8, 4) is 0 Å². The number of allylic oxidation sites excluding steroid dienone is 4. The normalized spacial score (nSPS) is 16.3. The zero-order valence-electron chi connectivity index (χ0n) is 19.4. The highest BCUT2D eigenvalue weighted by molar-refractivity contribution is 6.09. The number of aliphatic hydroxyl groups excluding tert-OH is 2. The number of para-hydroxylation sites is 1. The van der Waals surface area contributed by atoms with Gasteiger partial charge in [-0.3, -0.25) is 5.01 Å². The molecule has 0 saturated heterocycles. The van der Waals surface area contributed by atoms with Gasteiger partial charge < -0.3 is 20.4 Å². The number of aldehydes is 1. The van der Waals surface area contributed by atoms with Gasteiger partial charge in [0.1, 0.15) is 6.29 Å². The van der Waals surface area contributed by atoms with Crippen molar-refractivity contribution in [2.45, 2.75) is 25.9 Å². The molecule has 0 saturated carbocycles. The van der Waals surface area contributed by atoms with Crippen molar-refractivity contribution in [1.82, 2.24) is 20.2 Å². The molecular formula is C24H34N6O3. The summed E-state index contributed by atoms with van der Waals surface area (Å²) in [7, 11) is 3.43. The van der Waals surface area contributed by atoms with Crippen LogP contribution in [0, 0.1) is 5.92 Å². The predicted octanol–water partition coefficient (Wildman–Crippen LogP) is 2.13. The first-order valence-electron chi connectivity index (χ1n) is 10.9. The lowest BCUT2D eigenvalue weighted by Crippen LogP contribution is -2.29. The van der Waals surface area contributed by atoms with Crippen LogP contribution in [0.4, 0.5) is 5.69 Å². The summed E-state index contributed by atoms with van der Waals surface area (Å²) < 4.78 is 1.89. The van der Waals surface area contributed by atoms with E-state index >= 15 is 0 Å². The quantitative estimate of drug-likeness (QED) is 0.247. The number of rotatable bonds is 10. The topological polar surface area (TPSA) is 115 Å². The lowest BCUT2D eigenvalue weighted by molar-refractivity contribution is -0.106. The van der Waals surface area contributed by atoms with E-state index in [2.05, 4.69) is 46.2 Å². The van der Waals surface area contributed by atoms with Crippen LogP contribution in [0.5, 0.6) is 0 Å². The Morgan fingerprint density at radius 1 is 1.39 bits per heavy atom. The summed E-state index contributed by atoms with van der Waals surface area (Å²) >= 11 is 0. The van der Waals surface area contributed by atoms with Gasteiger partial charge in [0.05, 0.1) is 36.4 Å². The maximum Gasteiger partial charge on any atom is 0.126 e. The number of nitrogens with one attached hydrogen (secondary N) is 2. The molecule has 0 radical (unpaired) electrons. The molecule has 0 amide bonds.